The van der Waals surface area contributed by atoms with Gasteiger partial charge in [-0.25, -0.2) is 0 Å². The summed E-state index contributed by atoms with van der Waals surface area (Å²) in [4.78, 5) is 33.3. The number of benzene rings is 3. The minimum atomic E-state index is -1.15. The summed E-state index contributed by atoms with van der Waals surface area (Å²) in [6.07, 6.45) is 1.94. The molecule has 1 amide bonds. The Bertz CT molecular complexity index is 1440. The number of rotatable bonds is 2. The monoisotopic (exact) mass is 531 g/mol. The number of ketones is 1. The van der Waals surface area contributed by atoms with Crippen molar-refractivity contribution in [2.45, 2.75) is 11.5 Å². The SMILES string of the molecule is CN1C/C(=C\c2ccc(Cl)cc2)C(=O)[C@@]2(C1)[C@H](c1ccc(Cl)cc1)CN(C)[C@]21C(=O)Nc2ccccc21. The highest BCUT2D eigenvalue weighted by Gasteiger charge is 2.74. The lowest BCUT2D eigenvalue weighted by Crippen LogP contribution is -2.65. The van der Waals surface area contributed by atoms with Crippen LogP contribution >= 0.6 is 23.2 Å². The molecule has 0 radical (unpaired) electrons. The fourth-order valence-electron chi connectivity index (χ4n) is 6.93. The van der Waals surface area contributed by atoms with Crippen molar-refractivity contribution in [3.05, 3.63) is 105 Å². The molecule has 3 aromatic carbocycles. The Morgan fingerprint density at radius 3 is 2.27 bits per heavy atom. The number of halogens is 2. The topological polar surface area (TPSA) is 52.7 Å². The second-order valence-corrected chi connectivity index (χ2v) is 11.3. The summed E-state index contributed by atoms with van der Waals surface area (Å²) < 4.78 is 0. The fraction of sp³-hybridized carbons (Fsp3) is 0.267. The lowest BCUT2D eigenvalue weighted by molar-refractivity contribution is -0.146. The summed E-state index contributed by atoms with van der Waals surface area (Å²) in [7, 11) is 3.98. The summed E-state index contributed by atoms with van der Waals surface area (Å²) in [6.45, 7) is 1.50. The van der Waals surface area contributed by atoms with Gasteiger partial charge >= 0.3 is 0 Å². The van der Waals surface area contributed by atoms with E-state index in [-0.39, 0.29) is 17.6 Å². The van der Waals surface area contributed by atoms with Crippen LogP contribution in [0.3, 0.4) is 0 Å². The molecule has 6 rings (SSSR count). The van der Waals surface area contributed by atoms with Crippen LogP contribution in [-0.4, -0.2) is 55.2 Å². The number of amides is 1. The number of nitrogens with one attached hydrogen (secondary N) is 1. The van der Waals surface area contributed by atoms with Gasteiger partial charge in [-0.1, -0.05) is 65.7 Å². The van der Waals surface area contributed by atoms with Crippen LogP contribution in [-0.2, 0) is 15.1 Å². The maximum atomic E-state index is 14.9. The number of fused-ring (bicyclic) bond motifs is 3. The molecule has 0 saturated carbocycles. The Morgan fingerprint density at radius 1 is 0.919 bits per heavy atom. The molecule has 3 aliphatic rings. The maximum Gasteiger partial charge on any atom is 0.250 e. The Kier molecular flexibility index (Phi) is 5.81. The standard InChI is InChI=1S/C30H27Cl2N3O2/c1-34-16-21(15-19-7-11-22(31)12-8-19)27(36)29(18-34)25(20-9-13-23(32)14-10-20)17-35(2)30(29)24-5-3-4-6-26(24)33-28(30)37/h3-15,25H,16-18H2,1-2H3,(H,33,37)/b21-15+/t25-,29+,30+/m0/s1. The third-order valence-corrected chi connectivity index (χ3v) is 8.81. The van der Waals surface area contributed by atoms with Gasteiger partial charge in [0.25, 0.3) is 5.91 Å². The first-order chi connectivity index (χ1) is 17.8. The van der Waals surface area contributed by atoms with Gasteiger partial charge in [0, 0.05) is 52.4 Å². The van der Waals surface area contributed by atoms with Gasteiger partial charge in [-0.2, -0.15) is 0 Å². The summed E-state index contributed by atoms with van der Waals surface area (Å²) in [6, 6.07) is 22.9. The largest absolute Gasteiger partial charge is 0.324 e. The van der Waals surface area contributed by atoms with Crippen LogP contribution in [0.2, 0.25) is 10.0 Å². The molecule has 3 heterocycles. The summed E-state index contributed by atoms with van der Waals surface area (Å²) in [5, 5.41) is 4.39. The first-order valence-electron chi connectivity index (χ1n) is 12.3. The van der Waals surface area contributed by atoms with Crippen LogP contribution in [0.1, 0.15) is 22.6 Å². The average molecular weight is 532 g/mol. The van der Waals surface area contributed by atoms with Crippen LogP contribution in [0.15, 0.2) is 78.4 Å². The Hall–Kier alpha value is -2.96. The highest BCUT2D eigenvalue weighted by molar-refractivity contribution is 6.30. The Balaban J connectivity index is 1.62. The molecule has 0 unspecified atom stereocenters. The number of likely N-dealkylation sites (tertiary alicyclic amines) is 2. The molecule has 37 heavy (non-hydrogen) atoms. The number of hydrogen-bond donors (Lipinski definition) is 1. The second kappa shape index (κ2) is 8.81. The smallest absolute Gasteiger partial charge is 0.250 e. The number of piperidine rings is 1. The predicted molar refractivity (Wildman–Crippen MR) is 148 cm³/mol. The first-order valence-corrected chi connectivity index (χ1v) is 13.1. The van der Waals surface area contributed by atoms with Crippen LogP contribution in [0.4, 0.5) is 5.69 Å². The minimum absolute atomic E-state index is 0.0108. The number of hydrogen-bond acceptors (Lipinski definition) is 4. The number of para-hydroxylation sites is 1. The van der Waals surface area contributed by atoms with Crippen LogP contribution in [0.25, 0.3) is 6.08 Å². The van der Waals surface area contributed by atoms with Crippen LogP contribution in [0.5, 0.6) is 0 Å². The third-order valence-electron chi connectivity index (χ3n) is 8.30. The molecule has 3 atom stereocenters. The zero-order valence-electron chi connectivity index (χ0n) is 20.7. The lowest BCUT2D eigenvalue weighted by atomic mass is 9.56. The molecule has 0 aromatic heterocycles. The molecule has 1 N–H and O–H groups in total. The van der Waals surface area contributed by atoms with E-state index in [4.69, 9.17) is 23.2 Å². The highest BCUT2D eigenvalue weighted by atomic mass is 35.5. The van der Waals surface area contributed by atoms with Crippen molar-refractivity contribution < 1.29 is 9.59 Å². The normalized spacial score (nSPS) is 28.9. The third kappa shape index (κ3) is 3.45. The molecule has 2 fully saturated rings. The fourth-order valence-corrected chi connectivity index (χ4v) is 7.18. The van der Waals surface area contributed by atoms with Crippen molar-refractivity contribution in [2.75, 3.05) is 39.0 Å². The molecule has 0 aliphatic carbocycles. The van der Waals surface area contributed by atoms with Crippen molar-refractivity contribution in [1.82, 2.24) is 9.80 Å². The van der Waals surface area contributed by atoms with Crippen molar-refractivity contribution in [1.29, 1.82) is 0 Å². The quantitative estimate of drug-likeness (QED) is 0.446. The number of carbonyl (C=O) groups excluding carboxylic acids is 2. The molecule has 7 heteroatoms. The molecular formula is C30H27Cl2N3O2. The van der Waals surface area contributed by atoms with Gasteiger partial charge in [0.15, 0.2) is 5.78 Å². The summed E-state index contributed by atoms with van der Waals surface area (Å²) >= 11 is 12.4. The Morgan fingerprint density at radius 2 is 1.57 bits per heavy atom. The Labute approximate surface area is 226 Å². The highest BCUT2D eigenvalue weighted by Crippen LogP contribution is 2.64. The summed E-state index contributed by atoms with van der Waals surface area (Å²) in [5.41, 5.74) is 1.99. The molecule has 0 bridgehead atoms. The average Bonchev–Trinajstić information content (AvgIpc) is 3.32. The molecule has 2 saturated heterocycles. The van der Waals surface area contributed by atoms with Crippen molar-refractivity contribution in [3.63, 3.8) is 0 Å². The molecular weight excluding hydrogens is 505 g/mol. The van der Waals surface area contributed by atoms with E-state index < -0.39 is 11.0 Å². The van der Waals surface area contributed by atoms with E-state index in [1.807, 2.05) is 93.0 Å². The van der Waals surface area contributed by atoms with Gasteiger partial charge in [-0.3, -0.25) is 14.5 Å². The van der Waals surface area contributed by atoms with Gasteiger partial charge in [-0.05, 0) is 61.6 Å². The van der Waals surface area contributed by atoms with Gasteiger partial charge in [0.1, 0.15) is 5.54 Å². The van der Waals surface area contributed by atoms with E-state index in [1.165, 1.54) is 0 Å². The zero-order chi connectivity index (χ0) is 25.9. The minimum Gasteiger partial charge on any atom is -0.324 e. The molecule has 3 aliphatic heterocycles. The van der Waals surface area contributed by atoms with Gasteiger partial charge in [0.05, 0.1) is 5.41 Å². The lowest BCUT2D eigenvalue weighted by Gasteiger charge is -2.50. The van der Waals surface area contributed by atoms with Crippen molar-refractivity contribution in [3.8, 4) is 0 Å². The number of likely N-dealkylation sites (N-methyl/N-ethyl adjacent to an activating group) is 2. The summed E-state index contributed by atoms with van der Waals surface area (Å²) in [5.74, 6) is -0.366. The van der Waals surface area contributed by atoms with E-state index in [0.717, 1.165) is 22.4 Å². The number of Topliss-reactive ketones (excluding diaryl/α,β-unsaturated/α-hetero) is 1. The predicted octanol–water partition coefficient (Wildman–Crippen LogP) is 5.45. The molecule has 5 nitrogen and oxygen atoms in total. The van der Waals surface area contributed by atoms with Gasteiger partial charge < -0.3 is 10.2 Å². The first kappa shape index (κ1) is 24.4. The molecule has 188 valence electrons. The van der Waals surface area contributed by atoms with Crippen molar-refractivity contribution >= 4 is 46.7 Å². The maximum absolute atomic E-state index is 14.9. The second-order valence-electron chi connectivity index (χ2n) is 10.4. The van der Waals surface area contributed by atoms with E-state index in [9.17, 15) is 9.59 Å². The van der Waals surface area contributed by atoms with E-state index in [1.54, 1.807) is 0 Å². The van der Waals surface area contributed by atoms with E-state index >= 15 is 0 Å². The molecule has 2 spiro atoms. The van der Waals surface area contributed by atoms with E-state index in [0.29, 0.717) is 35.3 Å². The number of carbonyl (C=O) groups is 2. The number of anilines is 1. The van der Waals surface area contributed by atoms with Gasteiger partial charge in [0.2, 0.25) is 0 Å². The van der Waals surface area contributed by atoms with E-state index in [2.05, 4.69) is 15.1 Å². The van der Waals surface area contributed by atoms with Crippen LogP contribution in [0, 0.1) is 5.41 Å². The molecule has 3 aromatic rings. The van der Waals surface area contributed by atoms with Gasteiger partial charge in [-0.15, -0.1) is 0 Å². The zero-order valence-corrected chi connectivity index (χ0v) is 22.2. The van der Waals surface area contributed by atoms with Crippen LogP contribution < -0.4 is 5.32 Å². The number of nitrogens with zero attached hydrogens (tertiary/aromatic N) is 2. The van der Waals surface area contributed by atoms with Crippen molar-refractivity contribution in [2.24, 2.45) is 5.41 Å².